The van der Waals surface area contributed by atoms with E-state index >= 15 is 0 Å². The van der Waals surface area contributed by atoms with Gasteiger partial charge in [-0.2, -0.15) is 0 Å². The zero-order valence-corrected chi connectivity index (χ0v) is 10.8. The molecule has 0 saturated heterocycles. The van der Waals surface area contributed by atoms with Crippen molar-refractivity contribution in [1.82, 2.24) is 15.0 Å². The molecule has 0 fully saturated rings. The highest BCUT2D eigenvalue weighted by atomic mass is 15.4. The fourth-order valence-corrected chi connectivity index (χ4v) is 2.80. The van der Waals surface area contributed by atoms with Gasteiger partial charge in [0.15, 0.2) is 0 Å². The van der Waals surface area contributed by atoms with E-state index in [0.29, 0.717) is 12.0 Å². The van der Waals surface area contributed by atoms with Gasteiger partial charge in [-0.3, -0.25) is 0 Å². The van der Waals surface area contributed by atoms with Gasteiger partial charge in [-0.05, 0) is 31.9 Å². The van der Waals surface area contributed by atoms with Gasteiger partial charge < -0.3 is 5.32 Å². The number of nitrogens with zero attached hydrogens (tertiary/aromatic N) is 3. The number of para-hydroxylation sites is 1. The Labute approximate surface area is 107 Å². The standard InChI is InChI=1S/C14H18N4/c1-3-18-14(9-15-17-18)12-8-10(2)16-13-7-5-4-6-11(12)13/h4-7,9-10,12,16H,3,8H2,1-2H3. The van der Waals surface area contributed by atoms with E-state index in [4.69, 9.17) is 0 Å². The molecule has 0 amide bonds. The summed E-state index contributed by atoms with van der Waals surface area (Å²) in [6.45, 7) is 5.20. The fraction of sp³-hybridized carbons (Fsp3) is 0.429. The number of hydrogen-bond donors (Lipinski definition) is 1. The van der Waals surface area contributed by atoms with E-state index in [2.05, 4.69) is 53.7 Å². The number of rotatable bonds is 2. The van der Waals surface area contributed by atoms with Gasteiger partial charge in [0.2, 0.25) is 0 Å². The summed E-state index contributed by atoms with van der Waals surface area (Å²) >= 11 is 0. The molecular weight excluding hydrogens is 224 g/mol. The first-order valence-electron chi connectivity index (χ1n) is 6.53. The van der Waals surface area contributed by atoms with Crippen molar-refractivity contribution in [1.29, 1.82) is 0 Å². The topological polar surface area (TPSA) is 42.7 Å². The molecule has 0 bridgehead atoms. The van der Waals surface area contributed by atoms with Crippen molar-refractivity contribution in [2.75, 3.05) is 5.32 Å². The molecular formula is C14H18N4. The molecule has 2 heterocycles. The van der Waals surface area contributed by atoms with Gasteiger partial charge >= 0.3 is 0 Å². The van der Waals surface area contributed by atoms with Crippen LogP contribution in [0.1, 0.15) is 37.4 Å². The summed E-state index contributed by atoms with van der Waals surface area (Å²) in [4.78, 5) is 0. The molecule has 1 aliphatic rings. The second-order valence-corrected chi connectivity index (χ2v) is 4.90. The second kappa shape index (κ2) is 4.44. The summed E-state index contributed by atoms with van der Waals surface area (Å²) in [6.07, 6.45) is 2.99. The summed E-state index contributed by atoms with van der Waals surface area (Å²) in [5.41, 5.74) is 3.82. The Bertz CT molecular complexity index is 546. The molecule has 1 aromatic carbocycles. The molecule has 94 valence electrons. The molecule has 3 rings (SSSR count). The number of aryl methyl sites for hydroxylation is 1. The van der Waals surface area contributed by atoms with Crippen molar-refractivity contribution in [2.24, 2.45) is 0 Å². The summed E-state index contributed by atoms with van der Waals surface area (Å²) in [6, 6.07) is 9.01. The smallest absolute Gasteiger partial charge is 0.0731 e. The lowest BCUT2D eigenvalue weighted by Gasteiger charge is -2.31. The third-order valence-corrected chi connectivity index (χ3v) is 3.63. The maximum atomic E-state index is 4.15. The van der Waals surface area contributed by atoms with Crippen LogP contribution in [-0.2, 0) is 6.54 Å². The highest BCUT2D eigenvalue weighted by Crippen LogP contribution is 2.38. The molecule has 18 heavy (non-hydrogen) atoms. The lowest BCUT2D eigenvalue weighted by Crippen LogP contribution is -2.27. The average molecular weight is 242 g/mol. The van der Waals surface area contributed by atoms with E-state index in [9.17, 15) is 0 Å². The van der Waals surface area contributed by atoms with Crippen LogP contribution in [0.4, 0.5) is 5.69 Å². The van der Waals surface area contributed by atoms with E-state index in [1.54, 1.807) is 0 Å². The van der Waals surface area contributed by atoms with Gasteiger partial charge in [-0.15, -0.1) is 5.10 Å². The molecule has 2 unspecified atom stereocenters. The molecule has 2 atom stereocenters. The van der Waals surface area contributed by atoms with Crippen LogP contribution in [0.2, 0.25) is 0 Å². The number of benzene rings is 1. The largest absolute Gasteiger partial charge is 0.382 e. The molecule has 0 spiro atoms. The van der Waals surface area contributed by atoms with Gasteiger partial charge in [-0.25, -0.2) is 4.68 Å². The van der Waals surface area contributed by atoms with Gasteiger partial charge in [0.25, 0.3) is 0 Å². The molecule has 0 aliphatic carbocycles. The predicted octanol–water partition coefficient (Wildman–Crippen LogP) is 2.63. The Balaban J connectivity index is 2.07. The normalized spacial score (nSPS) is 22.3. The SMILES string of the molecule is CCn1nncc1C1CC(C)Nc2ccccc21. The van der Waals surface area contributed by atoms with Crippen LogP contribution in [0.3, 0.4) is 0 Å². The van der Waals surface area contributed by atoms with Gasteiger partial charge in [-0.1, -0.05) is 23.4 Å². The van der Waals surface area contributed by atoms with Crippen molar-refractivity contribution in [3.05, 3.63) is 41.7 Å². The number of nitrogens with one attached hydrogen (secondary N) is 1. The highest BCUT2D eigenvalue weighted by Gasteiger charge is 2.27. The van der Waals surface area contributed by atoms with Crippen LogP contribution in [-0.4, -0.2) is 21.0 Å². The zero-order valence-electron chi connectivity index (χ0n) is 10.8. The van der Waals surface area contributed by atoms with Crippen LogP contribution in [0.25, 0.3) is 0 Å². The number of aromatic nitrogens is 3. The minimum absolute atomic E-state index is 0.396. The van der Waals surface area contributed by atoms with Crippen LogP contribution in [0, 0.1) is 0 Å². The molecule has 1 N–H and O–H groups in total. The van der Waals surface area contributed by atoms with E-state index < -0.39 is 0 Å². The van der Waals surface area contributed by atoms with Crippen LogP contribution in [0.5, 0.6) is 0 Å². The molecule has 1 aromatic heterocycles. The van der Waals surface area contributed by atoms with E-state index in [-0.39, 0.29) is 0 Å². The summed E-state index contributed by atoms with van der Waals surface area (Å²) in [5, 5.41) is 11.8. The van der Waals surface area contributed by atoms with Crippen molar-refractivity contribution >= 4 is 5.69 Å². The van der Waals surface area contributed by atoms with Crippen LogP contribution >= 0.6 is 0 Å². The molecule has 1 aliphatic heterocycles. The Kier molecular flexibility index (Phi) is 2.78. The van der Waals surface area contributed by atoms with Gasteiger partial charge in [0, 0.05) is 24.2 Å². The van der Waals surface area contributed by atoms with Crippen LogP contribution < -0.4 is 5.32 Å². The van der Waals surface area contributed by atoms with Crippen molar-refractivity contribution in [3.8, 4) is 0 Å². The van der Waals surface area contributed by atoms with Crippen molar-refractivity contribution in [2.45, 2.75) is 38.8 Å². The van der Waals surface area contributed by atoms with Crippen molar-refractivity contribution < 1.29 is 0 Å². The summed E-state index contributed by atoms with van der Waals surface area (Å²) in [5.74, 6) is 0.396. The summed E-state index contributed by atoms with van der Waals surface area (Å²) in [7, 11) is 0. The fourth-order valence-electron chi connectivity index (χ4n) is 2.80. The highest BCUT2D eigenvalue weighted by molar-refractivity contribution is 5.57. The van der Waals surface area contributed by atoms with Crippen molar-refractivity contribution in [3.63, 3.8) is 0 Å². The van der Waals surface area contributed by atoms with Gasteiger partial charge in [0.1, 0.15) is 0 Å². The monoisotopic (exact) mass is 242 g/mol. The predicted molar refractivity (Wildman–Crippen MR) is 71.7 cm³/mol. The summed E-state index contributed by atoms with van der Waals surface area (Å²) < 4.78 is 2.00. The minimum Gasteiger partial charge on any atom is -0.382 e. The minimum atomic E-state index is 0.396. The third-order valence-electron chi connectivity index (χ3n) is 3.63. The first-order chi connectivity index (χ1) is 8.79. The first-order valence-corrected chi connectivity index (χ1v) is 6.53. The molecule has 0 radical (unpaired) electrons. The number of fused-ring (bicyclic) bond motifs is 1. The Morgan fingerprint density at radius 2 is 2.22 bits per heavy atom. The quantitative estimate of drug-likeness (QED) is 0.880. The Hall–Kier alpha value is -1.84. The average Bonchev–Trinajstić information content (AvgIpc) is 2.85. The maximum absolute atomic E-state index is 4.15. The first kappa shape index (κ1) is 11.3. The third kappa shape index (κ3) is 1.78. The number of hydrogen-bond acceptors (Lipinski definition) is 3. The molecule has 2 aromatic rings. The van der Waals surface area contributed by atoms with E-state index in [1.807, 2.05) is 10.9 Å². The molecule has 4 nitrogen and oxygen atoms in total. The molecule has 4 heteroatoms. The Morgan fingerprint density at radius 1 is 1.39 bits per heavy atom. The van der Waals surface area contributed by atoms with E-state index in [0.717, 1.165) is 13.0 Å². The second-order valence-electron chi connectivity index (χ2n) is 4.90. The Morgan fingerprint density at radius 3 is 3.06 bits per heavy atom. The molecule has 0 saturated carbocycles. The lowest BCUT2D eigenvalue weighted by molar-refractivity contribution is 0.537. The zero-order chi connectivity index (χ0) is 12.5. The van der Waals surface area contributed by atoms with Crippen LogP contribution in [0.15, 0.2) is 30.5 Å². The lowest BCUT2D eigenvalue weighted by atomic mass is 9.85. The van der Waals surface area contributed by atoms with Gasteiger partial charge in [0.05, 0.1) is 11.9 Å². The maximum Gasteiger partial charge on any atom is 0.0731 e. The number of anilines is 1. The van der Waals surface area contributed by atoms with E-state index in [1.165, 1.54) is 16.9 Å².